The zero-order valence-electron chi connectivity index (χ0n) is 18.1. The van der Waals surface area contributed by atoms with Crippen molar-refractivity contribution in [1.82, 2.24) is 5.32 Å². The van der Waals surface area contributed by atoms with Crippen molar-refractivity contribution in [3.63, 3.8) is 0 Å². The average molecular weight is 487 g/mol. The summed E-state index contributed by atoms with van der Waals surface area (Å²) in [5.41, 5.74) is 2.01. The van der Waals surface area contributed by atoms with Crippen LogP contribution in [0.15, 0.2) is 95.4 Å². The van der Waals surface area contributed by atoms with Crippen LogP contribution in [-0.4, -0.2) is 21.9 Å². The van der Waals surface area contributed by atoms with Crippen LogP contribution in [0.3, 0.4) is 0 Å². The topological polar surface area (TPSA) is 127 Å². The molecule has 174 valence electrons. The fraction of sp³-hybridized carbons (Fsp3) is 0. The molecule has 0 spiro atoms. The van der Waals surface area contributed by atoms with Gasteiger partial charge in [0.15, 0.2) is 10.9 Å². The fourth-order valence-electron chi connectivity index (χ4n) is 3.18. The fourth-order valence-corrected chi connectivity index (χ4v) is 3.39. The molecule has 1 aromatic heterocycles. The van der Waals surface area contributed by atoms with E-state index in [1.807, 2.05) is 6.07 Å². The van der Waals surface area contributed by atoms with Gasteiger partial charge in [-0.15, -0.1) is 0 Å². The molecule has 2 amide bonds. The monoisotopic (exact) mass is 486 g/mol. The Morgan fingerprint density at radius 3 is 2.26 bits per heavy atom. The second kappa shape index (κ2) is 10.4. The third-order valence-corrected chi connectivity index (χ3v) is 5.02. The zero-order chi connectivity index (χ0) is 24.8. The van der Waals surface area contributed by atoms with Gasteiger partial charge < -0.3 is 15.1 Å². The molecule has 35 heavy (non-hydrogen) atoms. The Bertz CT molecular complexity index is 1420. The smallest absolute Gasteiger partial charge is 0.293 e. The van der Waals surface area contributed by atoms with E-state index in [4.69, 9.17) is 16.6 Å². The molecule has 0 saturated carbocycles. The number of non-ortho nitro benzene ring substituents is 1. The number of anilines is 2. The van der Waals surface area contributed by atoms with Gasteiger partial charge in [0.2, 0.25) is 0 Å². The molecule has 9 nitrogen and oxygen atoms in total. The van der Waals surface area contributed by atoms with Gasteiger partial charge in [0, 0.05) is 34.6 Å². The van der Waals surface area contributed by atoms with Gasteiger partial charge in [-0.25, -0.2) is 0 Å². The third-order valence-electron chi connectivity index (χ3n) is 4.81. The normalized spacial score (nSPS) is 10.3. The molecule has 0 fully saturated rings. The first-order valence-corrected chi connectivity index (χ1v) is 10.7. The Morgan fingerprint density at radius 1 is 0.800 bits per heavy atom. The average Bonchev–Trinajstić information content (AvgIpc) is 3.35. The third kappa shape index (κ3) is 5.95. The second-order valence-electron chi connectivity index (χ2n) is 7.28. The summed E-state index contributed by atoms with van der Waals surface area (Å²) in [4.78, 5) is 35.4. The molecule has 1 heterocycles. The number of hydrogen-bond acceptors (Lipinski definition) is 6. The van der Waals surface area contributed by atoms with Gasteiger partial charge in [-0.2, -0.15) is 0 Å². The van der Waals surface area contributed by atoms with E-state index in [1.54, 1.807) is 60.7 Å². The lowest BCUT2D eigenvalue weighted by atomic mass is 10.1. The Kier molecular flexibility index (Phi) is 6.94. The van der Waals surface area contributed by atoms with E-state index < -0.39 is 10.8 Å². The SMILES string of the molecule is O=C(Nc1cccc(NC(=S)NC(=O)c2ccc(-c3cccc([N+](=O)[O-])c3)o2)c1)c1ccccc1. The van der Waals surface area contributed by atoms with Crippen LogP contribution in [0.4, 0.5) is 17.1 Å². The number of nitro groups is 1. The van der Waals surface area contributed by atoms with Crippen molar-refractivity contribution in [3.8, 4) is 11.3 Å². The minimum atomic E-state index is -0.590. The van der Waals surface area contributed by atoms with Crippen LogP contribution in [0.1, 0.15) is 20.9 Å². The van der Waals surface area contributed by atoms with Crippen LogP contribution in [-0.2, 0) is 0 Å². The van der Waals surface area contributed by atoms with E-state index in [0.717, 1.165) is 0 Å². The summed E-state index contributed by atoms with van der Waals surface area (Å²) in [5, 5.41) is 19.2. The second-order valence-corrected chi connectivity index (χ2v) is 7.69. The highest BCUT2D eigenvalue weighted by molar-refractivity contribution is 7.80. The number of nitrogens with zero attached hydrogens (tertiary/aromatic N) is 1. The predicted octanol–water partition coefficient (Wildman–Crippen LogP) is 5.23. The quantitative estimate of drug-likeness (QED) is 0.193. The molecular formula is C25H18N4O5S. The van der Waals surface area contributed by atoms with Gasteiger partial charge in [-0.3, -0.25) is 25.0 Å². The maximum absolute atomic E-state index is 12.5. The largest absolute Gasteiger partial charge is 0.451 e. The first-order valence-electron chi connectivity index (χ1n) is 10.3. The van der Waals surface area contributed by atoms with E-state index >= 15 is 0 Å². The summed E-state index contributed by atoms with van der Waals surface area (Å²) in [6.07, 6.45) is 0. The molecule has 3 aromatic carbocycles. The van der Waals surface area contributed by atoms with Gasteiger partial charge in [-0.1, -0.05) is 36.4 Å². The number of benzene rings is 3. The predicted molar refractivity (Wildman–Crippen MR) is 135 cm³/mol. The molecule has 0 aliphatic rings. The number of nitro benzene ring substituents is 1. The van der Waals surface area contributed by atoms with E-state index in [2.05, 4.69) is 16.0 Å². The lowest BCUT2D eigenvalue weighted by Gasteiger charge is -2.11. The van der Waals surface area contributed by atoms with Crippen molar-refractivity contribution in [3.05, 3.63) is 112 Å². The summed E-state index contributed by atoms with van der Waals surface area (Å²) >= 11 is 5.22. The number of furan rings is 1. The van der Waals surface area contributed by atoms with Crippen LogP contribution in [0.25, 0.3) is 11.3 Å². The first kappa shape index (κ1) is 23.3. The maximum atomic E-state index is 12.5. The highest BCUT2D eigenvalue weighted by Crippen LogP contribution is 2.25. The van der Waals surface area contributed by atoms with Crippen LogP contribution >= 0.6 is 12.2 Å². The van der Waals surface area contributed by atoms with E-state index in [-0.39, 0.29) is 22.5 Å². The van der Waals surface area contributed by atoms with Gasteiger partial charge in [0.1, 0.15) is 5.76 Å². The van der Waals surface area contributed by atoms with Gasteiger partial charge in [0.05, 0.1) is 4.92 Å². The van der Waals surface area contributed by atoms with Gasteiger partial charge in [-0.05, 0) is 54.7 Å². The van der Waals surface area contributed by atoms with Gasteiger partial charge in [0.25, 0.3) is 17.5 Å². The number of thiocarbonyl (C=S) groups is 1. The Balaban J connectivity index is 1.37. The van der Waals surface area contributed by atoms with E-state index in [9.17, 15) is 19.7 Å². The van der Waals surface area contributed by atoms with E-state index in [0.29, 0.717) is 28.3 Å². The summed E-state index contributed by atoms with van der Waals surface area (Å²) in [7, 11) is 0. The van der Waals surface area contributed by atoms with Crippen LogP contribution in [0.2, 0.25) is 0 Å². The molecule has 0 unspecified atom stereocenters. The van der Waals surface area contributed by atoms with Crippen LogP contribution < -0.4 is 16.0 Å². The summed E-state index contributed by atoms with van der Waals surface area (Å²) in [6, 6.07) is 24.6. The van der Waals surface area contributed by atoms with Crippen molar-refractivity contribution in [2.75, 3.05) is 10.6 Å². The Hall–Kier alpha value is -4.83. The van der Waals surface area contributed by atoms with Gasteiger partial charge >= 0.3 is 0 Å². The molecule has 0 bridgehead atoms. The van der Waals surface area contributed by atoms with Crippen LogP contribution in [0, 0.1) is 10.1 Å². The van der Waals surface area contributed by atoms with Crippen molar-refractivity contribution in [1.29, 1.82) is 0 Å². The van der Waals surface area contributed by atoms with Crippen LogP contribution in [0.5, 0.6) is 0 Å². The lowest BCUT2D eigenvalue weighted by Crippen LogP contribution is -2.33. The zero-order valence-corrected chi connectivity index (χ0v) is 18.9. The summed E-state index contributed by atoms with van der Waals surface area (Å²) < 4.78 is 5.55. The Labute approximate surface area is 204 Å². The molecule has 0 saturated heterocycles. The number of hydrogen-bond donors (Lipinski definition) is 3. The summed E-state index contributed by atoms with van der Waals surface area (Å²) in [5.74, 6) is -0.553. The molecule has 0 aliphatic heterocycles. The Morgan fingerprint density at radius 2 is 1.51 bits per heavy atom. The minimum Gasteiger partial charge on any atom is -0.451 e. The summed E-state index contributed by atoms with van der Waals surface area (Å²) in [6.45, 7) is 0. The highest BCUT2D eigenvalue weighted by Gasteiger charge is 2.15. The molecular weight excluding hydrogens is 468 g/mol. The standard InChI is InChI=1S/C25H18N4O5S/c30-23(16-6-2-1-3-7-16)26-18-9-5-10-19(15-18)27-25(35)28-24(31)22-13-12-21(34-22)17-8-4-11-20(14-17)29(32)33/h1-15H,(H,26,30)(H2,27,28,31,35). The number of rotatable bonds is 6. The van der Waals surface area contributed by atoms with Crippen molar-refractivity contribution in [2.24, 2.45) is 0 Å². The number of nitrogens with one attached hydrogen (secondary N) is 3. The van der Waals surface area contributed by atoms with Crippen molar-refractivity contribution >= 4 is 46.2 Å². The molecule has 0 atom stereocenters. The highest BCUT2D eigenvalue weighted by atomic mass is 32.1. The lowest BCUT2D eigenvalue weighted by molar-refractivity contribution is -0.384. The molecule has 10 heteroatoms. The first-order chi connectivity index (χ1) is 16.9. The molecule has 4 aromatic rings. The molecule has 4 rings (SSSR count). The molecule has 3 N–H and O–H groups in total. The van der Waals surface area contributed by atoms with Crippen molar-refractivity contribution < 1.29 is 18.9 Å². The van der Waals surface area contributed by atoms with Crippen molar-refractivity contribution in [2.45, 2.75) is 0 Å². The number of carbonyl (C=O) groups excluding carboxylic acids is 2. The maximum Gasteiger partial charge on any atom is 0.293 e. The van der Waals surface area contributed by atoms with E-state index in [1.165, 1.54) is 24.3 Å². The number of amides is 2. The minimum absolute atomic E-state index is 0.0143. The molecule has 0 aliphatic carbocycles. The molecule has 0 radical (unpaired) electrons. The number of carbonyl (C=O) groups is 2.